The number of piperidine rings is 2. The first kappa shape index (κ1) is 60.7. The molecule has 391 valence electrons. The molecule has 2 fully saturated rings. The van der Waals surface area contributed by atoms with Crippen LogP contribution >= 0.6 is 31.9 Å². The maximum Gasteiger partial charge on any atom is 1.00 e. The molecule has 0 spiro atoms. The number of imidazole rings is 4. The molecule has 3 radical (unpaired) electrons. The Balaban J connectivity index is 0.000000261. The average Bonchev–Trinajstić information content (AvgIpc) is 4.27. The van der Waals surface area contributed by atoms with Crippen LogP contribution < -0.4 is 65.6 Å². The smallest absolute Gasteiger partial charge is 0.512 e. The largest absolute Gasteiger partial charge is 1.00 e. The second kappa shape index (κ2) is 28.8. The Labute approximate surface area is 483 Å². The molecule has 4 aromatic heterocycles. The van der Waals surface area contributed by atoms with Crippen LogP contribution in [-0.2, 0) is 4.79 Å². The standard InChI is InChI=1S/C25H26BrN7O3.C24H24BrN7O3.CN.CH2O.B.Na/c1-14-6-7-15(26)12-18(14)29-23(34)21-22(28-13-27-21)24(35)32-25-30-17-4-3-5-19(20(17)31-25)36-16-8-10-33(2)11-9-16;1-13-5-6-14(25)11-17(13)29-22(33)20-21(28-12-27-20)23(34)32-24-30-16-3-2-4-18(19(16)31-24)35-15-7-9-26-10-8-15;2*1-2;;/h3-7,12-13,16H,8-11H2,1-2H3,(H,27,28)(H,29,34)(H2,30,31,32,35);2-6,11-12,15,26H,7-10H2,1H3,(H,27,28)(H,29,33)(H2,30,31,32,34);;1H2;;/q;;-1;;;+1. The summed E-state index contributed by atoms with van der Waals surface area (Å²) in [5, 5.41) is 20.6. The number of hydrogen-bond acceptors (Lipinski definition) is 14. The third-order valence-corrected chi connectivity index (χ3v) is 13.0. The van der Waals surface area contributed by atoms with E-state index in [0.29, 0.717) is 33.9 Å². The van der Waals surface area contributed by atoms with Crippen molar-refractivity contribution in [2.24, 2.45) is 0 Å². The molecule has 4 amide bonds. The molecule has 4 aromatic carbocycles. The van der Waals surface area contributed by atoms with Crippen molar-refractivity contribution in [1.29, 1.82) is 5.26 Å². The summed E-state index contributed by atoms with van der Waals surface area (Å²) in [5.41, 5.74) is 5.78. The maximum atomic E-state index is 13.0. The molecule has 10 rings (SSSR count). The van der Waals surface area contributed by atoms with Gasteiger partial charge in [0.05, 0.1) is 23.7 Å². The molecule has 0 bridgehead atoms. The Bertz CT molecular complexity index is 3330. The minimum Gasteiger partial charge on any atom is -0.512 e. The molecule has 6 heterocycles. The first-order valence-corrected chi connectivity index (χ1v) is 25.0. The predicted octanol–water partition coefficient (Wildman–Crippen LogP) is 4.86. The normalized spacial score (nSPS) is 13.3. The molecule has 22 nitrogen and oxygen atoms in total. The van der Waals surface area contributed by atoms with Crippen molar-refractivity contribution in [2.75, 3.05) is 54.5 Å². The number of nitrogens with one attached hydrogen (secondary N) is 9. The van der Waals surface area contributed by atoms with Crippen molar-refractivity contribution in [3.05, 3.63) is 135 Å². The van der Waals surface area contributed by atoms with Gasteiger partial charge in [-0.25, -0.2) is 19.9 Å². The molecule has 2 aliphatic rings. The van der Waals surface area contributed by atoms with Gasteiger partial charge in [0.25, 0.3) is 23.6 Å². The minimum atomic E-state index is -0.543. The Hall–Kier alpha value is -7.18. The van der Waals surface area contributed by atoms with Crippen LogP contribution in [-0.4, -0.2) is 129 Å². The molecule has 26 heteroatoms. The number of likely N-dealkylation sites (tertiary alicyclic amines) is 1. The van der Waals surface area contributed by atoms with E-state index in [1.165, 1.54) is 12.7 Å². The van der Waals surface area contributed by atoms with E-state index in [1.54, 1.807) is 12.1 Å². The summed E-state index contributed by atoms with van der Waals surface area (Å²) >= 11 is 6.80. The third-order valence-electron chi connectivity index (χ3n) is 12.0. The quantitative estimate of drug-likeness (QED) is 0.0583. The molecule has 0 aliphatic carbocycles. The van der Waals surface area contributed by atoms with Crippen LogP contribution in [0.5, 0.6) is 11.5 Å². The second-order valence-corrected chi connectivity index (χ2v) is 19.0. The molecular formula is C51H52BBr2N15NaO7. The van der Waals surface area contributed by atoms with E-state index in [0.717, 1.165) is 83.0 Å². The Kier molecular flexibility index (Phi) is 22.7. The number of carbonyl (C=O) groups excluding carboxylic acids is 5. The monoisotopic (exact) mass is 1180 g/mol. The molecule has 0 unspecified atom stereocenters. The van der Waals surface area contributed by atoms with Crippen LogP contribution in [0.15, 0.2) is 94.4 Å². The van der Waals surface area contributed by atoms with Gasteiger partial charge in [0.1, 0.15) is 52.9 Å². The van der Waals surface area contributed by atoms with Crippen molar-refractivity contribution in [2.45, 2.75) is 51.7 Å². The van der Waals surface area contributed by atoms with Crippen LogP contribution in [0, 0.1) is 25.7 Å². The number of anilines is 4. The summed E-state index contributed by atoms with van der Waals surface area (Å²) in [5.74, 6) is -0.254. The molecule has 0 saturated carbocycles. The molecule has 0 atom stereocenters. The Morgan fingerprint density at radius 3 is 1.49 bits per heavy atom. The molecule has 9 N–H and O–H groups in total. The fourth-order valence-electron chi connectivity index (χ4n) is 8.14. The van der Waals surface area contributed by atoms with E-state index >= 15 is 0 Å². The van der Waals surface area contributed by atoms with Crippen molar-refractivity contribution in [1.82, 2.24) is 50.1 Å². The number of aromatic amines is 4. The number of aryl methyl sites for hydroxylation is 2. The van der Waals surface area contributed by atoms with E-state index in [1.807, 2.05) is 81.3 Å². The number of H-pyrrole nitrogens is 4. The number of rotatable bonds is 12. The Morgan fingerprint density at radius 2 is 1.06 bits per heavy atom. The Morgan fingerprint density at radius 1 is 0.649 bits per heavy atom. The zero-order valence-electron chi connectivity index (χ0n) is 42.5. The molecule has 77 heavy (non-hydrogen) atoms. The number of amides is 4. The van der Waals surface area contributed by atoms with Gasteiger partial charge in [0.15, 0.2) is 11.4 Å². The second-order valence-electron chi connectivity index (χ2n) is 17.2. The fraction of sp³-hybridized carbons (Fsp3) is 0.255. The van der Waals surface area contributed by atoms with Gasteiger partial charge in [-0.05, 0) is 119 Å². The number of nitrogens with zero attached hydrogens (tertiary/aromatic N) is 6. The van der Waals surface area contributed by atoms with Gasteiger partial charge in [-0.2, -0.15) is 0 Å². The number of aromatic nitrogens is 8. The van der Waals surface area contributed by atoms with Gasteiger partial charge in [0.2, 0.25) is 11.9 Å². The number of para-hydroxylation sites is 2. The molecular weight excluding hydrogens is 1130 g/mol. The van der Waals surface area contributed by atoms with Crippen molar-refractivity contribution in [3.63, 3.8) is 0 Å². The number of hydrogen-bond donors (Lipinski definition) is 9. The van der Waals surface area contributed by atoms with E-state index in [9.17, 15) is 19.2 Å². The number of halogens is 2. The zero-order valence-corrected chi connectivity index (χ0v) is 47.6. The number of ether oxygens (including phenoxy) is 2. The summed E-state index contributed by atoms with van der Waals surface area (Å²) in [4.78, 5) is 90.9. The minimum absolute atomic E-state index is 0. The fourth-order valence-corrected chi connectivity index (χ4v) is 8.86. The van der Waals surface area contributed by atoms with Gasteiger partial charge in [0, 0.05) is 41.8 Å². The van der Waals surface area contributed by atoms with E-state index < -0.39 is 23.6 Å². The summed E-state index contributed by atoms with van der Waals surface area (Å²) in [6.07, 6.45) is 6.61. The molecule has 2 saturated heterocycles. The van der Waals surface area contributed by atoms with E-state index in [2.05, 4.69) is 110 Å². The molecule has 8 aromatic rings. The van der Waals surface area contributed by atoms with E-state index in [-0.39, 0.29) is 84.9 Å². The number of fused-ring (bicyclic) bond motifs is 2. The van der Waals surface area contributed by atoms with Gasteiger partial charge in [-0.3, -0.25) is 29.8 Å². The SMILES string of the molecule is C=O.Cc1ccc(Br)cc1NC(=O)c1nc[nH]c1C(=O)Nc1nc2c(OC3CCN(C)CC3)cccc2[nH]1.Cc1ccc(Br)cc1NC(=O)c1nc[nH]c1C(=O)Nc1nc2c(OC3CCNCC3)cccc2[nH]1.[B].[C-]#N.[Na+]. The van der Waals surface area contributed by atoms with Crippen LogP contribution in [0.25, 0.3) is 22.1 Å². The topological polar surface area (TPSA) is 306 Å². The number of benzene rings is 4. The van der Waals surface area contributed by atoms with Gasteiger partial charge in [-0.1, -0.05) is 56.1 Å². The summed E-state index contributed by atoms with van der Waals surface area (Å²) in [6, 6.07) is 22.4. The van der Waals surface area contributed by atoms with Crippen LogP contribution in [0.1, 0.15) is 78.8 Å². The van der Waals surface area contributed by atoms with Crippen LogP contribution in [0.2, 0.25) is 0 Å². The maximum absolute atomic E-state index is 13.0. The van der Waals surface area contributed by atoms with Crippen molar-refractivity contribution < 1.29 is 63.0 Å². The molecule has 2 aliphatic heterocycles. The van der Waals surface area contributed by atoms with Crippen LogP contribution in [0.3, 0.4) is 0 Å². The van der Waals surface area contributed by atoms with Crippen molar-refractivity contribution >= 4 is 116 Å². The third kappa shape index (κ3) is 15.5. The summed E-state index contributed by atoms with van der Waals surface area (Å²) in [6.45, 7) is 14.3. The van der Waals surface area contributed by atoms with E-state index in [4.69, 9.17) is 26.1 Å². The summed E-state index contributed by atoms with van der Waals surface area (Å²) in [7, 11) is 2.11. The van der Waals surface area contributed by atoms with Crippen molar-refractivity contribution in [3.8, 4) is 11.5 Å². The first-order valence-electron chi connectivity index (χ1n) is 23.4. The summed E-state index contributed by atoms with van der Waals surface area (Å²) < 4.78 is 14.1. The van der Waals surface area contributed by atoms with Gasteiger partial charge >= 0.3 is 29.6 Å². The first-order chi connectivity index (χ1) is 36.3. The van der Waals surface area contributed by atoms with Crippen LogP contribution in [0.4, 0.5) is 23.3 Å². The zero-order chi connectivity index (χ0) is 53.6. The van der Waals surface area contributed by atoms with Gasteiger partial charge in [-0.15, -0.1) is 0 Å². The van der Waals surface area contributed by atoms with Gasteiger partial charge < -0.3 is 66.9 Å². The predicted molar refractivity (Wildman–Crippen MR) is 294 cm³/mol. The number of carbonyl (C=O) groups is 5. The average molecular weight is 1180 g/mol.